The molecule has 3 aromatic heterocycles. The highest BCUT2D eigenvalue weighted by atomic mass is 16.5. The van der Waals surface area contributed by atoms with Crippen LogP contribution >= 0.6 is 0 Å². The Labute approximate surface area is 233 Å². The predicted molar refractivity (Wildman–Crippen MR) is 149 cm³/mol. The number of rotatable bonds is 6. The Morgan fingerprint density at radius 2 is 1.93 bits per heavy atom. The molecule has 12 nitrogen and oxygen atoms in total. The first-order valence-electron chi connectivity index (χ1n) is 13.3. The van der Waals surface area contributed by atoms with Crippen LogP contribution in [0.3, 0.4) is 0 Å². The van der Waals surface area contributed by atoms with E-state index in [4.69, 9.17) is 4.74 Å². The van der Waals surface area contributed by atoms with Crippen molar-refractivity contribution in [1.82, 2.24) is 34.7 Å². The average molecular weight is 551 g/mol. The molecular formula is C29H26N8O4. The van der Waals surface area contributed by atoms with E-state index in [0.29, 0.717) is 24.7 Å². The van der Waals surface area contributed by atoms with Gasteiger partial charge in [0.25, 0.3) is 5.56 Å². The maximum Gasteiger partial charge on any atom is 0.412 e. The van der Waals surface area contributed by atoms with Gasteiger partial charge in [-0.2, -0.15) is 4.68 Å². The molecule has 1 atom stereocenters. The minimum absolute atomic E-state index is 0.0970. The van der Waals surface area contributed by atoms with Gasteiger partial charge in [-0.1, -0.05) is 23.8 Å². The van der Waals surface area contributed by atoms with E-state index in [-0.39, 0.29) is 17.6 Å². The highest BCUT2D eigenvalue weighted by Crippen LogP contribution is 2.34. The van der Waals surface area contributed by atoms with E-state index in [1.807, 2.05) is 41.8 Å². The Morgan fingerprint density at radius 3 is 2.63 bits per heavy atom. The second kappa shape index (κ2) is 9.82. The zero-order chi connectivity index (χ0) is 28.1. The maximum absolute atomic E-state index is 13.5. The quantitative estimate of drug-likeness (QED) is 0.326. The average Bonchev–Trinajstić information content (AvgIpc) is 3.71. The van der Waals surface area contributed by atoms with Crippen molar-refractivity contribution in [2.45, 2.75) is 31.8 Å². The van der Waals surface area contributed by atoms with Crippen molar-refractivity contribution >= 4 is 11.8 Å². The Hall–Kier alpha value is -5.10. The lowest BCUT2D eigenvalue weighted by atomic mass is 10.0. The Bertz CT molecular complexity index is 1810. The molecule has 206 valence electrons. The minimum atomic E-state index is -1.00. The van der Waals surface area contributed by atoms with Gasteiger partial charge in [-0.15, -0.1) is 5.10 Å². The second-order valence-electron chi connectivity index (χ2n) is 10.3. The highest BCUT2D eigenvalue weighted by molar-refractivity contribution is 5.87. The number of fused-ring (bicyclic) bond motifs is 1. The fourth-order valence-electron chi connectivity index (χ4n) is 5.67. The molecule has 1 amide bonds. The monoisotopic (exact) mass is 550 g/mol. The second-order valence-corrected chi connectivity index (χ2v) is 10.3. The molecule has 5 aromatic rings. The number of aromatic nitrogens is 7. The largest absolute Gasteiger partial charge is 0.465 e. The van der Waals surface area contributed by atoms with Crippen molar-refractivity contribution in [3.05, 3.63) is 94.6 Å². The number of imidazole rings is 1. The third kappa shape index (κ3) is 4.38. The number of carbonyl (C=O) groups is 1. The van der Waals surface area contributed by atoms with Crippen molar-refractivity contribution < 1.29 is 14.6 Å². The number of tetrazole rings is 1. The summed E-state index contributed by atoms with van der Waals surface area (Å²) in [4.78, 5) is 34.6. The molecule has 2 aromatic carbocycles. The number of carboxylic acid groups (broad SMARTS) is 1. The van der Waals surface area contributed by atoms with E-state index in [1.165, 1.54) is 11.2 Å². The van der Waals surface area contributed by atoms with Crippen molar-refractivity contribution in [1.29, 1.82) is 0 Å². The lowest BCUT2D eigenvalue weighted by Crippen LogP contribution is -2.51. The number of hydrogen-bond acceptors (Lipinski definition) is 7. The zero-order valence-corrected chi connectivity index (χ0v) is 22.1. The molecule has 0 bridgehead atoms. The topological polar surface area (TPSA) is 144 Å². The number of amides is 1. The number of nitrogens with one attached hydrogen (secondary N) is 1. The molecule has 0 unspecified atom stereocenters. The van der Waals surface area contributed by atoms with Crippen LogP contribution in [0, 0.1) is 6.92 Å². The fraction of sp³-hybridized carbons (Fsp3) is 0.241. The molecule has 0 spiro atoms. The molecule has 5 heterocycles. The first-order valence-corrected chi connectivity index (χ1v) is 13.3. The van der Waals surface area contributed by atoms with Crippen LogP contribution in [-0.4, -0.2) is 65.2 Å². The number of benzene rings is 2. The normalized spacial score (nSPS) is 16.4. The standard InChI is InChI=1S/C29H26N8O4/c1-17-2-8-25(35-16-31-33-34-35)23(10-17)19-11-21-7-9-26(37(21)27(38)12-19)28-30-13-24(32-28)18-3-5-20(6-4-18)36(29(39)40)22-14-41-15-22/h2-6,8,10-13,16,22,26H,7,9,14-15H2,1H3,(H,30,32)(H,39,40)/t26-/m0/s1. The van der Waals surface area contributed by atoms with Gasteiger partial charge in [0.05, 0.1) is 42.9 Å². The molecule has 0 saturated carbocycles. The van der Waals surface area contributed by atoms with Gasteiger partial charge >= 0.3 is 6.09 Å². The van der Waals surface area contributed by atoms with E-state index in [2.05, 4.69) is 31.6 Å². The highest BCUT2D eigenvalue weighted by Gasteiger charge is 2.31. The summed E-state index contributed by atoms with van der Waals surface area (Å²) in [7, 11) is 0. The Morgan fingerprint density at radius 1 is 1.10 bits per heavy atom. The summed E-state index contributed by atoms with van der Waals surface area (Å²) in [5, 5.41) is 21.2. The van der Waals surface area contributed by atoms with Gasteiger partial charge in [-0.25, -0.2) is 9.78 Å². The number of H-pyrrole nitrogens is 1. The van der Waals surface area contributed by atoms with Gasteiger partial charge < -0.3 is 19.4 Å². The third-order valence-electron chi connectivity index (χ3n) is 7.75. The predicted octanol–water partition coefficient (Wildman–Crippen LogP) is 3.61. The number of aromatic amines is 1. The summed E-state index contributed by atoms with van der Waals surface area (Å²) in [6, 6.07) is 16.6. The van der Waals surface area contributed by atoms with Gasteiger partial charge in [0, 0.05) is 23.0 Å². The van der Waals surface area contributed by atoms with Crippen molar-refractivity contribution in [2.24, 2.45) is 0 Å². The first-order chi connectivity index (χ1) is 20.0. The third-order valence-corrected chi connectivity index (χ3v) is 7.75. The van der Waals surface area contributed by atoms with E-state index in [1.54, 1.807) is 29.1 Å². The van der Waals surface area contributed by atoms with Crippen LogP contribution in [0.5, 0.6) is 0 Å². The zero-order valence-electron chi connectivity index (χ0n) is 22.1. The SMILES string of the molecule is Cc1ccc(-n2cnnn2)c(-c2cc3n(c(=O)c2)[C@H](c2ncc(-c4ccc(N(C(=O)O)C5COC5)cc4)[nH]2)CC3)c1. The number of ether oxygens (including phenoxy) is 1. The minimum Gasteiger partial charge on any atom is -0.465 e. The number of nitrogens with zero attached hydrogens (tertiary/aromatic N) is 7. The van der Waals surface area contributed by atoms with Gasteiger partial charge in [0.1, 0.15) is 12.2 Å². The summed E-state index contributed by atoms with van der Waals surface area (Å²) in [6.07, 6.45) is 3.77. The maximum atomic E-state index is 13.5. The van der Waals surface area contributed by atoms with Crippen molar-refractivity contribution in [3.8, 4) is 28.1 Å². The van der Waals surface area contributed by atoms with E-state index < -0.39 is 6.09 Å². The van der Waals surface area contributed by atoms with E-state index >= 15 is 0 Å². The number of hydrogen-bond donors (Lipinski definition) is 2. The number of pyridine rings is 1. The summed E-state index contributed by atoms with van der Waals surface area (Å²) in [5.41, 5.74) is 6.68. The van der Waals surface area contributed by atoms with Crippen LogP contribution in [0.4, 0.5) is 10.5 Å². The summed E-state index contributed by atoms with van der Waals surface area (Å²) < 4.78 is 8.58. The molecule has 2 N–H and O–H groups in total. The van der Waals surface area contributed by atoms with Crippen LogP contribution in [0.2, 0.25) is 0 Å². The number of anilines is 1. The fourth-order valence-corrected chi connectivity index (χ4v) is 5.67. The van der Waals surface area contributed by atoms with E-state index in [0.717, 1.165) is 52.2 Å². The lowest BCUT2D eigenvalue weighted by Gasteiger charge is -2.35. The lowest BCUT2D eigenvalue weighted by molar-refractivity contribution is 0.00897. The van der Waals surface area contributed by atoms with Crippen LogP contribution < -0.4 is 10.5 Å². The van der Waals surface area contributed by atoms with Crippen molar-refractivity contribution in [2.75, 3.05) is 18.1 Å². The summed E-state index contributed by atoms with van der Waals surface area (Å²) in [5.74, 6) is 0.710. The van der Waals surface area contributed by atoms with Gasteiger partial charge in [0.15, 0.2) is 0 Å². The summed E-state index contributed by atoms with van der Waals surface area (Å²) >= 11 is 0. The van der Waals surface area contributed by atoms with Gasteiger partial charge in [-0.3, -0.25) is 9.69 Å². The van der Waals surface area contributed by atoms with Gasteiger partial charge in [0.2, 0.25) is 0 Å². The van der Waals surface area contributed by atoms with E-state index in [9.17, 15) is 14.7 Å². The molecule has 41 heavy (non-hydrogen) atoms. The Kier molecular flexibility index (Phi) is 5.97. The summed E-state index contributed by atoms with van der Waals surface area (Å²) in [6.45, 7) is 2.80. The molecule has 12 heteroatoms. The van der Waals surface area contributed by atoms with Crippen LogP contribution in [-0.2, 0) is 11.2 Å². The molecule has 1 fully saturated rings. The Balaban J connectivity index is 1.17. The van der Waals surface area contributed by atoms with Crippen LogP contribution in [0.25, 0.3) is 28.1 Å². The molecule has 0 radical (unpaired) electrons. The molecule has 0 aliphatic carbocycles. The molecule has 2 aliphatic heterocycles. The first kappa shape index (κ1) is 24.9. The molecule has 1 saturated heterocycles. The van der Waals surface area contributed by atoms with Crippen LogP contribution in [0.1, 0.15) is 29.5 Å². The van der Waals surface area contributed by atoms with Crippen molar-refractivity contribution in [3.63, 3.8) is 0 Å². The number of aryl methyl sites for hydroxylation is 2. The smallest absolute Gasteiger partial charge is 0.412 e. The van der Waals surface area contributed by atoms with Crippen LogP contribution in [0.15, 0.2) is 71.9 Å². The van der Waals surface area contributed by atoms with Gasteiger partial charge in [-0.05, 0) is 71.7 Å². The molecule has 7 rings (SSSR count). The molecular weight excluding hydrogens is 524 g/mol. The molecule has 2 aliphatic rings.